The normalized spacial score (nSPS) is 11.3. The van der Waals surface area contributed by atoms with Gasteiger partial charge in [-0.3, -0.25) is 0 Å². The lowest BCUT2D eigenvalue weighted by Gasteiger charge is -2.07. The van der Waals surface area contributed by atoms with Gasteiger partial charge in [-0.1, -0.05) is 12.1 Å². The smallest absolute Gasteiger partial charge is 0.243 e. The monoisotopic (exact) mass is 264 g/mol. The Morgan fingerprint density at radius 2 is 1.78 bits per heavy atom. The first-order chi connectivity index (χ1) is 8.59. The summed E-state index contributed by atoms with van der Waals surface area (Å²) < 4.78 is 26.4. The van der Waals surface area contributed by atoms with Crippen molar-refractivity contribution in [2.45, 2.75) is 11.4 Å². The maximum atomic E-state index is 12.0. The summed E-state index contributed by atoms with van der Waals surface area (Å²) in [6.45, 7) is 0.0253. The van der Waals surface area contributed by atoms with Gasteiger partial charge in [0.2, 0.25) is 10.0 Å². The van der Waals surface area contributed by atoms with Crippen LogP contribution >= 0.6 is 0 Å². The molecule has 0 spiro atoms. The van der Waals surface area contributed by atoms with Crippen molar-refractivity contribution in [3.63, 3.8) is 0 Å². The number of nitrogens with two attached hydrogens (primary N) is 1. The highest BCUT2D eigenvalue weighted by molar-refractivity contribution is 7.89. The molecule has 0 unspecified atom stereocenters. The average Bonchev–Trinajstić information content (AvgIpc) is 2.38. The van der Waals surface area contributed by atoms with E-state index >= 15 is 0 Å². The van der Waals surface area contributed by atoms with Gasteiger partial charge in [0.05, 0.1) is 12.2 Å². The summed E-state index contributed by atoms with van der Waals surface area (Å²) in [5, 5.41) is 0. The molecule has 0 aliphatic rings. The Hall–Kier alpha value is -1.99. The second kappa shape index (κ2) is 5.11. The van der Waals surface area contributed by atoms with Gasteiger partial charge in [-0.2, -0.15) is 0 Å². The minimum absolute atomic E-state index is 0.0253. The van der Waals surface area contributed by atoms with Gasteiger partial charge in [0.25, 0.3) is 0 Å². The Labute approximate surface area is 105 Å². The van der Waals surface area contributed by atoms with Gasteiger partial charge in [0.1, 0.15) is 10.7 Å². The molecule has 1 aromatic heterocycles. The highest BCUT2D eigenvalue weighted by Crippen LogP contribution is 2.16. The molecule has 2 rings (SSSR count). The fourth-order valence-corrected chi connectivity index (χ4v) is 2.49. The first kappa shape index (κ1) is 12.5. The molecule has 1 heterocycles. The zero-order valence-electron chi connectivity index (χ0n) is 9.45. The molecule has 0 fully saturated rings. The maximum Gasteiger partial charge on any atom is 0.243 e. The van der Waals surface area contributed by atoms with E-state index in [1.807, 2.05) is 0 Å². The van der Waals surface area contributed by atoms with E-state index in [0.717, 1.165) is 0 Å². The van der Waals surface area contributed by atoms with E-state index in [1.165, 1.54) is 12.1 Å². The van der Waals surface area contributed by atoms with Crippen LogP contribution in [0.5, 0.6) is 0 Å². The Balaban J connectivity index is 2.16. The Kier molecular flexibility index (Phi) is 3.54. The van der Waals surface area contributed by atoms with E-state index in [2.05, 4.69) is 14.7 Å². The summed E-state index contributed by atoms with van der Waals surface area (Å²) in [4.78, 5) is 7.91. The van der Waals surface area contributed by atoms with Crippen molar-refractivity contribution < 1.29 is 8.42 Å². The van der Waals surface area contributed by atoms with Crippen molar-refractivity contribution in [3.8, 4) is 0 Å². The number of nitrogens with one attached hydrogen (secondary N) is 1. The van der Waals surface area contributed by atoms with Crippen LogP contribution in [-0.2, 0) is 16.6 Å². The number of sulfonamides is 1. The molecular weight excluding hydrogens is 252 g/mol. The lowest BCUT2D eigenvalue weighted by molar-refractivity contribution is 0.579. The molecular formula is C11H12N4O2S. The minimum atomic E-state index is -3.64. The molecule has 18 heavy (non-hydrogen) atoms. The summed E-state index contributed by atoms with van der Waals surface area (Å²) in [6.07, 6.45) is 3.10. The van der Waals surface area contributed by atoms with Crippen LogP contribution in [0.2, 0.25) is 0 Å². The van der Waals surface area contributed by atoms with Gasteiger partial charge in [-0.15, -0.1) is 0 Å². The largest absolute Gasteiger partial charge is 0.398 e. The molecule has 2 aromatic rings. The molecule has 0 radical (unpaired) electrons. The van der Waals surface area contributed by atoms with Crippen molar-refractivity contribution in [2.75, 3.05) is 5.73 Å². The number of hydrogen-bond acceptors (Lipinski definition) is 5. The van der Waals surface area contributed by atoms with E-state index in [4.69, 9.17) is 5.73 Å². The van der Waals surface area contributed by atoms with Crippen molar-refractivity contribution in [2.24, 2.45) is 0 Å². The first-order valence-electron chi connectivity index (χ1n) is 5.19. The summed E-state index contributed by atoms with van der Waals surface area (Å²) in [6, 6.07) is 7.93. The van der Waals surface area contributed by atoms with Crippen LogP contribution in [0, 0.1) is 0 Å². The van der Waals surface area contributed by atoms with E-state index in [0.29, 0.717) is 5.82 Å². The van der Waals surface area contributed by atoms with Crippen LogP contribution in [0.1, 0.15) is 5.82 Å². The SMILES string of the molecule is Nc1ccccc1S(=O)(=O)NCc1ncccn1. The quantitative estimate of drug-likeness (QED) is 0.785. The van der Waals surface area contributed by atoms with Gasteiger partial charge in [-0.05, 0) is 18.2 Å². The zero-order chi connectivity index (χ0) is 13.0. The third-order valence-electron chi connectivity index (χ3n) is 2.25. The predicted octanol–water partition coefficient (Wildman–Crippen LogP) is 0.537. The second-order valence-electron chi connectivity index (χ2n) is 3.53. The molecule has 6 nitrogen and oxygen atoms in total. The fraction of sp³-hybridized carbons (Fsp3) is 0.0909. The van der Waals surface area contributed by atoms with Gasteiger partial charge >= 0.3 is 0 Å². The lowest BCUT2D eigenvalue weighted by Crippen LogP contribution is -2.25. The van der Waals surface area contributed by atoms with E-state index in [1.54, 1.807) is 30.6 Å². The number of anilines is 1. The molecule has 94 valence electrons. The summed E-state index contributed by atoms with van der Waals surface area (Å²) in [5.74, 6) is 0.399. The highest BCUT2D eigenvalue weighted by Gasteiger charge is 2.16. The van der Waals surface area contributed by atoms with Crippen LogP contribution in [0.4, 0.5) is 5.69 Å². The zero-order valence-corrected chi connectivity index (χ0v) is 10.3. The highest BCUT2D eigenvalue weighted by atomic mass is 32.2. The van der Waals surface area contributed by atoms with Gasteiger partial charge in [-0.25, -0.2) is 23.1 Å². The van der Waals surface area contributed by atoms with Gasteiger partial charge in [0, 0.05) is 12.4 Å². The molecule has 0 amide bonds. The molecule has 0 bridgehead atoms. The lowest BCUT2D eigenvalue weighted by atomic mass is 10.3. The van der Waals surface area contributed by atoms with Crippen molar-refractivity contribution in [3.05, 3.63) is 48.5 Å². The minimum Gasteiger partial charge on any atom is -0.398 e. The second-order valence-corrected chi connectivity index (χ2v) is 5.26. The average molecular weight is 264 g/mol. The third kappa shape index (κ3) is 2.82. The number of hydrogen-bond donors (Lipinski definition) is 2. The maximum absolute atomic E-state index is 12.0. The molecule has 1 aromatic carbocycles. The van der Waals surface area contributed by atoms with E-state index < -0.39 is 10.0 Å². The van der Waals surface area contributed by atoms with E-state index in [9.17, 15) is 8.42 Å². The van der Waals surface area contributed by atoms with Gasteiger partial charge in [0.15, 0.2) is 0 Å². The number of nitrogen functional groups attached to an aromatic ring is 1. The number of aromatic nitrogens is 2. The molecule has 0 saturated carbocycles. The van der Waals surface area contributed by atoms with Crippen LogP contribution in [-0.4, -0.2) is 18.4 Å². The van der Waals surface area contributed by atoms with Crippen molar-refractivity contribution in [1.29, 1.82) is 0 Å². The third-order valence-corrected chi connectivity index (χ3v) is 3.72. The summed E-state index contributed by atoms with van der Waals surface area (Å²) in [7, 11) is -3.64. The molecule has 0 atom stereocenters. The van der Waals surface area contributed by atoms with Crippen molar-refractivity contribution in [1.82, 2.24) is 14.7 Å². The van der Waals surface area contributed by atoms with Crippen LogP contribution in [0.15, 0.2) is 47.6 Å². The first-order valence-corrected chi connectivity index (χ1v) is 6.68. The Bertz CT molecular complexity index is 629. The van der Waals surface area contributed by atoms with Gasteiger partial charge < -0.3 is 5.73 Å². The number of nitrogens with zero attached hydrogens (tertiary/aromatic N) is 2. The Morgan fingerprint density at radius 1 is 1.11 bits per heavy atom. The van der Waals surface area contributed by atoms with Crippen molar-refractivity contribution >= 4 is 15.7 Å². The van der Waals surface area contributed by atoms with E-state index in [-0.39, 0.29) is 17.1 Å². The fourth-order valence-electron chi connectivity index (χ4n) is 1.38. The molecule has 0 aliphatic heterocycles. The Morgan fingerprint density at radius 3 is 2.44 bits per heavy atom. The molecule has 7 heteroatoms. The molecule has 3 N–H and O–H groups in total. The number of para-hydroxylation sites is 1. The number of benzene rings is 1. The van der Waals surface area contributed by atoms with Crippen LogP contribution < -0.4 is 10.5 Å². The predicted molar refractivity (Wildman–Crippen MR) is 66.9 cm³/mol. The van der Waals surface area contributed by atoms with Crippen LogP contribution in [0.25, 0.3) is 0 Å². The number of rotatable bonds is 4. The molecule has 0 aliphatic carbocycles. The standard InChI is InChI=1S/C11H12N4O2S/c12-9-4-1-2-5-10(9)18(16,17)15-8-11-13-6-3-7-14-11/h1-7,15H,8,12H2. The molecule has 0 saturated heterocycles. The summed E-state index contributed by atoms with van der Waals surface area (Å²) in [5.41, 5.74) is 5.83. The van der Waals surface area contributed by atoms with Crippen LogP contribution in [0.3, 0.4) is 0 Å². The summed E-state index contributed by atoms with van der Waals surface area (Å²) >= 11 is 0. The topological polar surface area (TPSA) is 98.0 Å².